The van der Waals surface area contributed by atoms with Gasteiger partial charge < -0.3 is 19.5 Å². The molecule has 1 aliphatic heterocycles. The van der Waals surface area contributed by atoms with E-state index in [2.05, 4.69) is 0 Å². The smallest absolute Gasteiger partial charge is 0.410 e. The van der Waals surface area contributed by atoms with Gasteiger partial charge in [-0.3, -0.25) is 0 Å². The van der Waals surface area contributed by atoms with Gasteiger partial charge in [-0.05, 0) is 62.1 Å². The number of hydrogen-bond donors (Lipinski definition) is 1. The molecule has 160 valence electrons. The highest BCUT2D eigenvalue weighted by atomic mass is 19.1. The monoisotopic (exact) mass is 415 g/mol. The van der Waals surface area contributed by atoms with Crippen LogP contribution in [0, 0.1) is 5.82 Å². The van der Waals surface area contributed by atoms with Gasteiger partial charge in [-0.1, -0.05) is 24.3 Å². The second-order valence-electron chi connectivity index (χ2n) is 7.96. The highest BCUT2D eigenvalue weighted by Gasteiger charge is 2.30. The average molecular weight is 415 g/mol. The van der Waals surface area contributed by atoms with Crippen molar-refractivity contribution >= 4 is 12.1 Å². The Labute approximate surface area is 175 Å². The fourth-order valence-electron chi connectivity index (χ4n) is 3.40. The normalized spacial score (nSPS) is 16.8. The van der Waals surface area contributed by atoms with Crippen LogP contribution in [0.25, 0.3) is 0 Å². The number of rotatable bonds is 6. The summed E-state index contributed by atoms with van der Waals surface area (Å²) in [5.74, 6) is -0.785. The van der Waals surface area contributed by atoms with E-state index >= 15 is 0 Å². The number of piperidine rings is 1. The lowest BCUT2D eigenvalue weighted by molar-refractivity contribution is -0.152. The lowest BCUT2D eigenvalue weighted by Gasteiger charge is -2.32. The van der Waals surface area contributed by atoms with Crippen molar-refractivity contribution in [2.45, 2.75) is 44.8 Å². The summed E-state index contributed by atoms with van der Waals surface area (Å²) < 4.78 is 24.0. The van der Waals surface area contributed by atoms with Crippen LogP contribution in [0.15, 0.2) is 48.5 Å². The fourth-order valence-corrected chi connectivity index (χ4v) is 3.40. The molecule has 1 amide bonds. The van der Waals surface area contributed by atoms with Gasteiger partial charge in [0.05, 0.1) is 0 Å². The summed E-state index contributed by atoms with van der Waals surface area (Å²) in [6.07, 6.45) is 1.35. The van der Waals surface area contributed by atoms with Gasteiger partial charge >= 0.3 is 12.1 Å². The molecule has 1 atom stereocenters. The molecule has 30 heavy (non-hydrogen) atoms. The maximum absolute atomic E-state index is 13.0. The Morgan fingerprint density at radius 1 is 1.20 bits per heavy atom. The van der Waals surface area contributed by atoms with Crippen LogP contribution in [0.5, 0.6) is 5.75 Å². The Kier molecular flexibility index (Phi) is 6.59. The molecule has 7 heteroatoms. The molecular weight excluding hydrogens is 389 g/mol. The summed E-state index contributed by atoms with van der Waals surface area (Å²) in [6, 6.07) is 13.2. The number of amides is 1. The highest BCUT2D eigenvalue weighted by Crippen LogP contribution is 2.30. The lowest BCUT2D eigenvalue weighted by atomic mass is 9.90. The van der Waals surface area contributed by atoms with Crippen molar-refractivity contribution in [3.8, 4) is 5.75 Å². The summed E-state index contributed by atoms with van der Waals surface area (Å²) >= 11 is 0. The summed E-state index contributed by atoms with van der Waals surface area (Å²) in [6.45, 7) is 4.21. The number of carboxylic acid groups (broad SMARTS) is 1. The molecule has 0 radical (unpaired) electrons. The molecule has 0 bridgehead atoms. The van der Waals surface area contributed by atoms with E-state index in [1.807, 2.05) is 18.2 Å². The number of benzene rings is 2. The molecular formula is C23H26FNO5. The van der Waals surface area contributed by atoms with Gasteiger partial charge in [0, 0.05) is 19.0 Å². The molecule has 6 nitrogen and oxygen atoms in total. The zero-order valence-electron chi connectivity index (χ0n) is 17.1. The third-order valence-electron chi connectivity index (χ3n) is 5.17. The standard InChI is InChI=1S/C23H26FNO5/c1-23(2,21(26)27)30-20-7-3-5-17(13-20)18-6-4-12-25(14-18)22(28)29-15-16-8-10-19(24)11-9-16/h3,5,7-11,13,18H,4,6,12,14-15H2,1-2H3,(H,26,27). The largest absolute Gasteiger partial charge is 0.478 e. The van der Waals surface area contributed by atoms with E-state index in [1.165, 1.54) is 26.0 Å². The Hall–Kier alpha value is -3.09. The van der Waals surface area contributed by atoms with Crippen LogP contribution in [0.4, 0.5) is 9.18 Å². The maximum atomic E-state index is 13.0. The molecule has 0 aromatic heterocycles. The molecule has 1 aliphatic rings. The van der Waals surface area contributed by atoms with E-state index in [9.17, 15) is 19.1 Å². The molecule has 2 aromatic carbocycles. The quantitative estimate of drug-likeness (QED) is 0.747. The summed E-state index contributed by atoms with van der Waals surface area (Å²) in [5, 5.41) is 9.26. The van der Waals surface area contributed by atoms with E-state index in [-0.39, 0.29) is 18.3 Å². The van der Waals surface area contributed by atoms with Crippen LogP contribution >= 0.6 is 0 Å². The Balaban J connectivity index is 1.61. The Morgan fingerprint density at radius 3 is 2.63 bits per heavy atom. The SMILES string of the molecule is CC(C)(Oc1cccc(C2CCCN(C(=O)OCc3ccc(F)cc3)C2)c1)C(=O)O. The van der Waals surface area contributed by atoms with Crippen molar-refractivity contribution in [1.82, 2.24) is 4.90 Å². The number of carbonyl (C=O) groups is 2. The summed E-state index contributed by atoms with van der Waals surface area (Å²) in [7, 11) is 0. The minimum absolute atomic E-state index is 0.0911. The first-order valence-electron chi connectivity index (χ1n) is 9.93. The molecule has 1 heterocycles. The molecule has 1 saturated heterocycles. The number of carbonyl (C=O) groups excluding carboxylic acids is 1. The molecule has 3 rings (SSSR count). The van der Waals surface area contributed by atoms with Crippen LogP contribution in [0.2, 0.25) is 0 Å². The second-order valence-corrected chi connectivity index (χ2v) is 7.96. The first-order valence-corrected chi connectivity index (χ1v) is 9.93. The third kappa shape index (κ3) is 5.49. The van der Waals surface area contributed by atoms with Crippen molar-refractivity contribution in [3.63, 3.8) is 0 Å². The fraction of sp³-hybridized carbons (Fsp3) is 0.391. The first kappa shape index (κ1) is 21.6. The van der Waals surface area contributed by atoms with E-state index in [0.29, 0.717) is 18.8 Å². The number of halogens is 1. The van der Waals surface area contributed by atoms with Gasteiger partial charge in [-0.2, -0.15) is 0 Å². The number of aliphatic carboxylic acids is 1. The Bertz CT molecular complexity index is 897. The van der Waals surface area contributed by atoms with E-state index < -0.39 is 17.7 Å². The van der Waals surface area contributed by atoms with Crippen molar-refractivity contribution in [3.05, 3.63) is 65.5 Å². The summed E-state index contributed by atoms with van der Waals surface area (Å²) in [5.41, 5.74) is 0.385. The molecule has 0 aliphatic carbocycles. The van der Waals surface area contributed by atoms with Gasteiger partial charge in [0.15, 0.2) is 5.60 Å². The second kappa shape index (κ2) is 9.15. The van der Waals surface area contributed by atoms with Crippen LogP contribution in [-0.2, 0) is 16.1 Å². The number of nitrogens with zero attached hydrogens (tertiary/aromatic N) is 1. The number of likely N-dealkylation sites (tertiary alicyclic amines) is 1. The minimum atomic E-state index is -1.33. The van der Waals surface area contributed by atoms with Crippen LogP contribution in [0.3, 0.4) is 0 Å². The van der Waals surface area contributed by atoms with Gasteiger partial charge in [-0.15, -0.1) is 0 Å². The van der Waals surface area contributed by atoms with Gasteiger partial charge in [0.25, 0.3) is 0 Å². The lowest BCUT2D eigenvalue weighted by Crippen LogP contribution is -2.39. The van der Waals surface area contributed by atoms with Gasteiger partial charge in [0.2, 0.25) is 0 Å². The number of hydrogen-bond acceptors (Lipinski definition) is 4. The minimum Gasteiger partial charge on any atom is -0.478 e. The average Bonchev–Trinajstić information content (AvgIpc) is 2.73. The third-order valence-corrected chi connectivity index (χ3v) is 5.17. The molecule has 1 fully saturated rings. The maximum Gasteiger partial charge on any atom is 0.410 e. The first-order chi connectivity index (χ1) is 14.2. The summed E-state index contributed by atoms with van der Waals surface area (Å²) in [4.78, 5) is 25.5. The number of carboxylic acids is 1. The molecule has 0 spiro atoms. The predicted molar refractivity (Wildman–Crippen MR) is 109 cm³/mol. The van der Waals surface area contributed by atoms with Crippen LogP contribution < -0.4 is 4.74 Å². The van der Waals surface area contributed by atoms with Crippen molar-refractivity contribution < 1.29 is 28.6 Å². The molecule has 0 saturated carbocycles. The molecule has 1 unspecified atom stereocenters. The van der Waals surface area contributed by atoms with Gasteiger partial charge in [-0.25, -0.2) is 14.0 Å². The van der Waals surface area contributed by atoms with Crippen molar-refractivity contribution in [2.75, 3.05) is 13.1 Å². The predicted octanol–water partition coefficient (Wildman–Crippen LogP) is 4.58. The van der Waals surface area contributed by atoms with Crippen molar-refractivity contribution in [1.29, 1.82) is 0 Å². The zero-order valence-corrected chi connectivity index (χ0v) is 17.1. The van der Waals surface area contributed by atoms with Crippen molar-refractivity contribution in [2.24, 2.45) is 0 Å². The molecule has 1 N–H and O–H groups in total. The van der Waals surface area contributed by atoms with Gasteiger partial charge in [0.1, 0.15) is 18.2 Å². The van der Waals surface area contributed by atoms with E-state index in [4.69, 9.17) is 9.47 Å². The zero-order chi connectivity index (χ0) is 21.7. The topological polar surface area (TPSA) is 76.1 Å². The van der Waals surface area contributed by atoms with Crippen LogP contribution in [0.1, 0.15) is 43.7 Å². The number of ether oxygens (including phenoxy) is 2. The van der Waals surface area contributed by atoms with Crippen LogP contribution in [-0.4, -0.2) is 40.8 Å². The highest BCUT2D eigenvalue weighted by molar-refractivity contribution is 5.76. The molecule has 2 aromatic rings. The van der Waals surface area contributed by atoms with E-state index in [1.54, 1.807) is 23.1 Å². The van der Waals surface area contributed by atoms with E-state index in [0.717, 1.165) is 24.0 Å². The Morgan fingerprint density at radius 2 is 1.93 bits per heavy atom.